The number of nitrogens with zero attached hydrogens (tertiary/aromatic N) is 4. The Morgan fingerprint density at radius 1 is 1.13 bits per heavy atom. The Balaban J connectivity index is 1.55. The third-order valence-corrected chi connectivity index (χ3v) is 6.13. The molecule has 0 atom stereocenters. The number of benzene rings is 2. The summed E-state index contributed by atoms with van der Waals surface area (Å²) >= 11 is 1.32. The molecule has 0 fully saturated rings. The lowest BCUT2D eigenvalue weighted by atomic mass is 10.1. The van der Waals surface area contributed by atoms with E-state index >= 15 is 0 Å². The molecule has 4 aromatic rings. The van der Waals surface area contributed by atoms with Gasteiger partial charge in [-0.2, -0.15) is 0 Å². The molecule has 1 N–H and O–H groups in total. The quantitative estimate of drug-likeness (QED) is 0.491. The molecule has 4 rings (SSSR count). The van der Waals surface area contributed by atoms with Crippen LogP contribution >= 0.6 is 11.3 Å². The summed E-state index contributed by atoms with van der Waals surface area (Å²) in [6.07, 6.45) is 0. The first kappa shape index (κ1) is 20.7. The molecule has 2 aromatic heterocycles. The fourth-order valence-corrected chi connectivity index (χ4v) is 4.21. The van der Waals surface area contributed by atoms with Crippen molar-refractivity contribution in [2.45, 2.75) is 27.3 Å². The Kier molecular flexibility index (Phi) is 5.81. The molecule has 158 valence electrons. The highest BCUT2D eigenvalue weighted by Crippen LogP contribution is 2.30. The van der Waals surface area contributed by atoms with Crippen LogP contribution in [0.2, 0.25) is 0 Å². The van der Waals surface area contributed by atoms with Crippen LogP contribution in [0.15, 0.2) is 48.5 Å². The molecule has 0 radical (unpaired) electrons. The van der Waals surface area contributed by atoms with E-state index in [1.807, 2.05) is 69.3 Å². The summed E-state index contributed by atoms with van der Waals surface area (Å²) < 4.78 is 7.04. The highest BCUT2D eigenvalue weighted by atomic mass is 32.1. The summed E-state index contributed by atoms with van der Waals surface area (Å²) in [4.78, 5) is 17.9. The summed E-state index contributed by atoms with van der Waals surface area (Å²) in [5.41, 5.74) is 5.27. The van der Waals surface area contributed by atoms with E-state index < -0.39 is 0 Å². The fraction of sp³-hybridized carbons (Fsp3) is 0.217. The molecular formula is C23H23N5O2S. The number of aromatic nitrogens is 4. The van der Waals surface area contributed by atoms with Crippen LogP contribution in [0.25, 0.3) is 16.4 Å². The number of thiazole rings is 1. The number of ether oxygens (including phenoxy) is 1. The second-order valence-corrected chi connectivity index (χ2v) is 8.24. The molecule has 8 heteroatoms. The number of amides is 1. The van der Waals surface area contributed by atoms with Gasteiger partial charge in [0.2, 0.25) is 0 Å². The van der Waals surface area contributed by atoms with Gasteiger partial charge in [-0.3, -0.25) is 4.79 Å². The van der Waals surface area contributed by atoms with Crippen LogP contribution in [0.5, 0.6) is 5.75 Å². The maximum atomic E-state index is 12.7. The summed E-state index contributed by atoms with van der Waals surface area (Å²) in [6.45, 7) is 6.28. The van der Waals surface area contributed by atoms with Crippen molar-refractivity contribution < 1.29 is 9.53 Å². The molecule has 0 unspecified atom stereocenters. The zero-order chi connectivity index (χ0) is 22.0. The maximum absolute atomic E-state index is 12.7. The smallest absolute Gasteiger partial charge is 0.263 e. The van der Waals surface area contributed by atoms with Crippen molar-refractivity contribution in [2.24, 2.45) is 0 Å². The van der Waals surface area contributed by atoms with Gasteiger partial charge in [-0.25, -0.2) is 9.67 Å². The lowest BCUT2D eigenvalue weighted by molar-refractivity contribution is 0.0954. The molecule has 31 heavy (non-hydrogen) atoms. The topological polar surface area (TPSA) is 81.9 Å². The number of carbonyl (C=O) groups excluding carboxylic acids is 1. The number of aryl methyl sites for hydroxylation is 2. The van der Waals surface area contributed by atoms with E-state index in [1.165, 1.54) is 16.9 Å². The Labute approximate surface area is 184 Å². The number of nitrogens with one attached hydrogen (secondary N) is 1. The molecule has 0 aliphatic rings. The number of methoxy groups -OCH3 is 1. The SMILES string of the molecule is COc1cccc(-n2nnc(-c3nc(C)c(C(=O)NCc4ccc(C)cc4)s3)c2C)c1. The predicted octanol–water partition coefficient (Wildman–Crippen LogP) is 4.25. The van der Waals surface area contributed by atoms with Gasteiger partial charge in [-0.05, 0) is 38.5 Å². The molecule has 0 aliphatic carbocycles. The number of hydrogen-bond acceptors (Lipinski definition) is 6. The number of hydrogen-bond donors (Lipinski definition) is 1. The third kappa shape index (κ3) is 4.34. The van der Waals surface area contributed by atoms with Crippen LogP contribution in [0.1, 0.15) is 32.2 Å². The normalized spacial score (nSPS) is 10.8. The van der Waals surface area contributed by atoms with Crippen molar-refractivity contribution in [3.63, 3.8) is 0 Å². The minimum atomic E-state index is -0.139. The molecule has 0 saturated carbocycles. The molecule has 1 amide bonds. The van der Waals surface area contributed by atoms with Gasteiger partial charge in [0.1, 0.15) is 21.3 Å². The summed E-state index contributed by atoms with van der Waals surface area (Å²) in [5, 5.41) is 12.2. The first-order valence-corrected chi connectivity index (χ1v) is 10.7. The molecule has 0 spiro atoms. The Morgan fingerprint density at radius 3 is 2.65 bits per heavy atom. The van der Waals surface area contributed by atoms with Gasteiger partial charge in [0.05, 0.1) is 24.2 Å². The second kappa shape index (κ2) is 8.69. The summed E-state index contributed by atoms with van der Waals surface area (Å²) in [6, 6.07) is 15.7. The second-order valence-electron chi connectivity index (χ2n) is 7.24. The zero-order valence-electron chi connectivity index (χ0n) is 17.8. The highest BCUT2D eigenvalue weighted by Gasteiger charge is 2.20. The average molecular weight is 434 g/mol. The van der Waals surface area contributed by atoms with Gasteiger partial charge in [0, 0.05) is 12.6 Å². The van der Waals surface area contributed by atoms with Crippen molar-refractivity contribution in [1.82, 2.24) is 25.3 Å². The summed E-state index contributed by atoms with van der Waals surface area (Å²) in [5.74, 6) is 0.603. The van der Waals surface area contributed by atoms with E-state index in [9.17, 15) is 4.79 Å². The molecule has 2 aromatic carbocycles. The zero-order valence-corrected chi connectivity index (χ0v) is 18.7. The van der Waals surface area contributed by atoms with E-state index in [1.54, 1.807) is 11.8 Å². The molecular weight excluding hydrogens is 410 g/mol. The van der Waals surface area contributed by atoms with E-state index in [0.29, 0.717) is 27.8 Å². The van der Waals surface area contributed by atoms with Gasteiger partial charge in [0.25, 0.3) is 5.91 Å². The lowest BCUT2D eigenvalue weighted by Gasteiger charge is -2.05. The Bertz CT molecular complexity index is 1230. The van der Waals surface area contributed by atoms with Gasteiger partial charge >= 0.3 is 0 Å². The maximum Gasteiger partial charge on any atom is 0.263 e. The van der Waals surface area contributed by atoms with E-state index in [2.05, 4.69) is 20.6 Å². The van der Waals surface area contributed by atoms with Crippen molar-refractivity contribution in [2.75, 3.05) is 7.11 Å². The minimum Gasteiger partial charge on any atom is -0.497 e. The fourth-order valence-electron chi connectivity index (χ4n) is 3.19. The van der Waals surface area contributed by atoms with Crippen LogP contribution in [0.4, 0.5) is 0 Å². The highest BCUT2D eigenvalue weighted by molar-refractivity contribution is 7.17. The van der Waals surface area contributed by atoms with Crippen LogP contribution in [0, 0.1) is 20.8 Å². The van der Waals surface area contributed by atoms with Crippen molar-refractivity contribution >= 4 is 17.2 Å². The van der Waals surface area contributed by atoms with E-state index in [0.717, 1.165) is 22.7 Å². The minimum absolute atomic E-state index is 0.139. The largest absolute Gasteiger partial charge is 0.497 e. The van der Waals surface area contributed by atoms with Gasteiger partial charge in [0.15, 0.2) is 0 Å². The van der Waals surface area contributed by atoms with Crippen LogP contribution < -0.4 is 10.1 Å². The monoisotopic (exact) mass is 433 g/mol. The van der Waals surface area contributed by atoms with Crippen molar-refractivity contribution in [1.29, 1.82) is 0 Å². The van der Waals surface area contributed by atoms with Crippen LogP contribution in [-0.2, 0) is 6.54 Å². The van der Waals surface area contributed by atoms with Crippen LogP contribution in [-0.4, -0.2) is 33.0 Å². The number of rotatable bonds is 6. The Morgan fingerprint density at radius 2 is 1.90 bits per heavy atom. The van der Waals surface area contributed by atoms with Gasteiger partial charge < -0.3 is 10.1 Å². The Hall–Kier alpha value is -3.52. The summed E-state index contributed by atoms with van der Waals surface area (Å²) in [7, 11) is 1.63. The lowest BCUT2D eigenvalue weighted by Crippen LogP contribution is -2.22. The van der Waals surface area contributed by atoms with E-state index in [4.69, 9.17) is 4.74 Å². The van der Waals surface area contributed by atoms with Gasteiger partial charge in [-0.15, -0.1) is 16.4 Å². The molecule has 0 aliphatic heterocycles. The average Bonchev–Trinajstić information content (AvgIpc) is 3.35. The first-order chi connectivity index (χ1) is 15.0. The van der Waals surface area contributed by atoms with Crippen molar-refractivity contribution in [3.05, 3.63) is 75.9 Å². The molecule has 0 bridgehead atoms. The predicted molar refractivity (Wildman–Crippen MR) is 121 cm³/mol. The van der Waals surface area contributed by atoms with E-state index in [-0.39, 0.29) is 5.91 Å². The van der Waals surface area contributed by atoms with Crippen molar-refractivity contribution in [3.8, 4) is 22.1 Å². The molecule has 0 saturated heterocycles. The molecule has 7 nitrogen and oxygen atoms in total. The van der Waals surface area contributed by atoms with Gasteiger partial charge in [-0.1, -0.05) is 41.1 Å². The number of carbonyl (C=O) groups is 1. The van der Waals surface area contributed by atoms with Crippen LogP contribution in [0.3, 0.4) is 0 Å². The third-order valence-electron chi connectivity index (χ3n) is 4.97. The first-order valence-electron chi connectivity index (χ1n) is 9.84. The standard InChI is InChI=1S/C23H23N5O2S/c1-14-8-10-17(11-9-14)13-24-22(29)21-15(2)25-23(31-21)20-16(3)28(27-26-20)18-6-5-7-19(12-18)30-4/h5-12H,13H2,1-4H3,(H,24,29). The molecule has 2 heterocycles.